The van der Waals surface area contributed by atoms with Crippen LogP contribution in [0.1, 0.15) is 5.56 Å². The van der Waals surface area contributed by atoms with Gasteiger partial charge in [0.15, 0.2) is 11.5 Å². The van der Waals surface area contributed by atoms with Crippen LogP contribution in [0.4, 0.5) is 0 Å². The minimum absolute atomic E-state index is 0.124. The number of hydrogen-bond donors (Lipinski definition) is 0. The van der Waals surface area contributed by atoms with Crippen LogP contribution in [0, 0.1) is 0 Å². The van der Waals surface area contributed by atoms with Gasteiger partial charge < -0.3 is 14.2 Å². The Hall–Kier alpha value is -2.18. The first-order chi connectivity index (χ1) is 11.4. The fourth-order valence-electron chi connectivity index (χ4n) is 2.11. The topological polar surface area (TPSA) is 61.8 Å². The van der Waals surface area contributed by atoms with E-state index in [-0.39, 0.29) is 9.26 Å². The molecule has 2 aromatic carbocycles. The van der Waals surface area contributed by atoms with Crippen molar-refractivity contribution in [1.29, 1.82) is 0 Å². The molecule has 0 radical (unpaired) electrons. The van der Waals surface area contributed by atoms with Gasteiger partial charge in [-0.05, 0) is 35.9 Å². The van der Waals surface area contributed by atoms with Crippen LogP contribution in [0.5, 0.6) is 17.2 Å². The van der Waals surface area contributed by atoms with Crippen molar-refractivity contribution in [2.75, 3.05) is 21.3 Å². The van der Waals surface area contributed by atoms with E-state index in [2.05, 4.69) is 0 Å². The average Bonchev–Trinajstić information content (AvgIpc) is 2.61. The molecule has 0 amide bonds. The van der Waals surface area contributed by atoms with E-state index in [1.165, 1.54) is 39.5 Å². The van der Waals surface area contributed by atoms with Crippen LogP contribution >= 0.6 is 11.6 Å². The number of ether oxygens (including phenoxy) is 3. The summed E-state index contributed by atoms with van der Waals surface area (Å²) >= 11 is 6.07. The molecule has 0 bridgehead atoms. The minimum atomic E-state index is -3.78. The Bertz CT molecular complexity index is 820. The molecule has 0 atom stereocenters. The van der Waals surface area contributed by atoms with Gasteiger partial charge in [0, 0.05) is 0 Å². The molecule has 2 aromatic rings. The van der Waals surface area contributed by atoms with Gasteiger partial charge in [-0.2, -0.15) is 0 Å². The van der Waals surface area contributed by atoms with Gasteiger partial charge in [-0.15, -0.1) is 0 Å². The largest absolute Gasteiger partial charge is 0.493 e. The van der Waals surface area contributed by atoms with E-state index in [1.54, 1.807) is 30.3 Å². The number of sulfone groups is 1. The molecule has 0 N–H and O–H groups in total. The Morgan fingerprint density at radius 2 is 1.50 bits per heavy atom. The van der Waals surface area contributed by atoms with Gasteiger partial charge in [0.25, 0.3) is 0 Å². The summed E-state index contributed by atoms with van der Waals surface area (Å²) in [4.78, 5) is 0.124. The lowest BCUT2D eigenvalue weighted by Gasteiger charge is -2.13. The summed E-state index contributed by atoms with van der Waals surface area (Å²) in [5.41, 5.74) is 0.508. The van der Waals surface area contributed by atoms with E-state index in [4.69, 9.17) is 25.8 Å². The second kappa shape index (κ2) is 7.59. The highest BCUT2D eigenvalue weighted by Gasteiger charge is 2.19. The van der Waals surface area contributed by atoms with Crippen LogP contribution in [-0.4, -0.2) is 29.7 Å². The molecule has 24 heavy (non-hydrogen) atoms. The Morgan fingerprint density at radius 1 is 0.958 bits per heavy atom. The third-order valence-corrected chi connectivity index (χ3v) is 5.52. The molecular formula is C17H17ClO5S. The average molecular weight is 369 g/mol. The molecule has 0 aliphatic rings. The van der Waals surface area contributed by atoms with Crippen molar-refractivity contribution in [3.63, 3.8) is 0 Å². The van der Waals surface area contributed by atoms with Gasteiger partial charge in [0.1, 0.15) is 4.36 Å². The molecule has 0 saturated heterocycles. The van der Waals surface area contributed by atoms with Crippen LogP contribution in [0.2, 0.25) is 0 Å². The fourth-order valence-corrected chi connectivity index (χ4v) is 3.53. The molecule has 0 unspecified atom stereocenters. The zero-order valence-corrected chi connectivity index (χ0v) is 15.0. The molecular weight excluding hydrogens is 352 g/mol. The number of benzene rings is 2. The molecule has 0 fully saturated rings. The molecule has 0 heterocycles. The first-order valence-corrected chi connectivity index (χ1v) is 8.77. The molecule has 0 aliphatic heterocycles. The first-order valence-electron chi connectivity index (χ1n) is 6.91. The van der Waals surface area contributed by atoms with Crippen LogP contribution in [0.15, 0.2) is 51.7 Å². The molecule has 0 spiro atoms. The summed E-state index contributed by atoms with van der Waals surface area (Å²) in [7, 11) is 0.669. The van der Waals surface area contributed by atoms with Crippen LogP contribution in [-0.2, 0) is 9.84 Å². The third-order valence-electron chi connectivity index (χ3n) is 3.28. The van der Waals surface area contributed by atoms with Crippen molar-refractivity contribution >= 4 is 27.5 Å². The highest BCUT2D eigenvalue weighted by Crippen LogP contribution is 2.39. The number of methoxy groups -OCH3 is 3. The van der Waals surface area contributed by atoms with Crippen molar-refractivity contribution in [3.05, 3.63) is 52.4 Å². The monoisotopic (exact) mass is 368 g/mol. The predicted molar refractivity (Wildman–Crippen MR) is 93.6 cm³/mol. The Kier molecular flexibility index (Phi) is 5.75. The van der Waals surface area contributed by atoms with Crippen molar-refractivity contribution in [3.8, 4) is 17.2 Å². The van der Waals surface area contributed by atoms with E-state index in [0.717, 1.165) is 0 Å². The summed E-state index contributed by atoms with van der Waals surface area (Å²) < 4.78 is 40.4. The van der Waals surface area contributed by atoms with Gasteiger partial charge in [0.2, 0.25) is 15.6 Å². The first kappa shape index (κ1) is 18.2. The number of halogens is 1. The molecule has 7 heteroatoms. The second-order valence-electron chi connectivity index (χ2n) is 4.72. The molecule has 0 aromatic heterocycles. The van der Waals surface area contributed by atoms with E-state index in [9.17, 15) is 8.42 Å². The van der Waals surface area contributed by atoms with Gasteiger partial charge in [-0.1, -0.05) is 29.8 Å². The molecule has 2 rings (SSSR count). The van der Waals surface area contributed by atoms with E-state index in [0.29, 0.717) is 22.8 Å². The quantitative estimate of drug-likeness (QED) is 0.777. The van der Waals surface area contributed by atoms with E-state index < -0.39 is 9.84 Å². The maximum atomic E-state index is 12.5. The zero-order valence-electron chi connectivity index (χ0n) is 13.4. The van der Waals surface area contributed by atoms with Crippen molar-refractivity contribution in [2.24, 2.45) is 0 Å². The Morgan fingerprint density at radius 3 is 1.96 bits per heavy atom. The molecule has 0 saturated carbocycles. The van der Waals surface area contributed by atoms with Crippen LogP contribution < -0.4 is 14.2 Å². The predicted octanol–water partition coefficient (Wildman–Crippen LogP) is 3.72. The van der Waals surface area contributed by atoms with E-state index in [1.807, 2.05) is 0 Å². The normalized spacial score (nSPS) is 11.9. The van der Waals surface area contributed by atoms with Crippen LogP contribution in [0.25, 0.3) is 6.08 Å². The van der Waals surface area contributed by atoms with Gasteiger partial charge in [-0.3, -0.25) is 0 Å². The summed E-state index contributed by atoms with van der Waals surface area (Å²) in [5, 5.41) is 0. The van der Waals surface area contributed by atoms with Gasteiger partial charge in [0.05, 0.1) is 26.2 Å². The summed E-state index contributed by atoms with van der Waals surface area (Å²) in [6.45, 7) is 0. The minimum Gasteiger partial charge on any atom is -0.493 e. The van der Waals surface area contributed by atoms with Crippen molar-refractivity contribution in [2.45, 2.75) is 4.90 Å². The highest BCUT2D eigenvalue weighted by molar-refractivity contribution is 7.97. The van der Waals surface area contributed by atoms with Gasteiger partial charge >= 0.3 is 0 Å². The zero-order chi connectivity index (χ0) is 17.7. The third kappa shape index (κ3) is 3.66. The van der Waals surface area contributed by atoms with Crippen LogP contribution in [0.3, 0.4) is 0 Å². The Balaban J connectivity index is 2.51. The SMILES string of the molecule is COc1cc(/C=C(/Cl)S(=O)(=O)c2ccccc2)cc(OC)c1OC. The lowest BCUT2D eigenvalue weighted by atomic mass is 10.2. The lowest BCUT2D eigenvalue weighted by Crippen LogP contribution is -2.00. The summed E-state index contributed by atoms with van der Waals surface area (Å²) in [5.74, 6) is 1.23. The van der Waals surface area contributed by atoms with Crippen molar-refractivity contribution in [1.82, 2.24) is 0 Å². The van der Waals surface area contributed by atoms with Crippen molar-refractivity contribution < 1.29 is 22.6 Å². The number of rotatable bonds is 6. The summed E-state index contributed by atoms with van der Waals surface area (Å²) in [6, 6.07) is 11.2. The van der Waals surface area contributed by atoms with E-state index >= 15 is 0 Å². The molecule has 5 nitrogen and oxygen atoms in total. The maximum absolute atomic E-state index is 12.5. The fraction of sp³-hybridized carbons (Fsp3) is 0.176. The molecule has 128 valence electrons. The maximum Gasteiger partial charge on any atom is 0.217 e. The standard InChI is InChI=1S/C17H17ClO5S/c1-21-14-9-12(10-15(22-2)17(14)23-3)11-16(18)24(19,20)13-7-5-4-6-8-13/h4-11H,1-3H3/b16-11-. The highest BCUT2D eigenvalue weighted by atomic mass is 35.5. The lowest BCUT2D eigenvalue weighted by molar-refractivity contribution is 0.324. The smallest absolute Gasteiger partial charge is 0.217 e. The number of hydrogen-bond acceptors (Lipinski definition) is 5. The summed E-state index contributed by atoms with van der Waals surface area (Å²) in [6.07, 6.45) is 1.34. The van der Waals surface area contributed by atoms with Gasteiger partial charge in [-0.25, -0.2) is 8.42 Å². The Labute approximate surface area is 146 Å². The molecule has 0 aliphatic carbocycles. The second-order valence-corrected chi connectivity index (χ2v) is 7.27.